The Morgan fingerprint density at radius 1 is 1.03 bits per heavy atom. The Kier molecular flexibility index (Phi) is 6.55. The molecule has 0 saturated carbocycles. The summed E-state index contributed by atoms with van der Waals surface area (Å²) in [6.07, 6.45) is -3.11. The molecule has 0 radical (unpaired) electrons. The van der Waals surface area contributed by atoms with Gasteiger partial charge >= 0.3 is 12.1 Å². The van der Waals surface area contributed by atoms with Crippen LogP contribution in [0.15, 0.2) is 82.7 Å². The molecule has 0 bridgehead atoms. The highest BCUT2D eigenvalue weighted by Crippen LogP contribution is 2.32. The molecule has 5 rings (SSSR count). The lowest BCUT2D eigenvalue weighted by Gasteiger charge is -2.15. The Morgan fingerprint density at radius 3 is 2.44 bits per heavy atom. The molecular weight excluding hydrogens is 509 g/mol. The molecule has 0 aliphatic heterocycles. The van der Waals surface area contributed by atoms with Crippen LogP contribution in [0.1, 0.15) is 29.8 Å². The number of alkyl halides is 3. The predicted molar refractivity (Wildman–Crippen MR) is 143 cm³/mol. The van der Waals surface area contributed by atoms with Crippen molar-refractivity contribution in [1.82, 2.24) is 14.2 Å². The maximum absolute atomic E-state index is 13.5. The van der Waals surface area contributed by atoms with Gasteiger partial charge in [0.25, 0.3) is 5.56 Å². The van der Waals surface area contributed by atoms with Crippen molar-refractivity contribution in [2.45, 2.75) is 26.1 Å². The van der Waals surface area contributed by atoms with Crippen molar-refractivity contribution < 1.29 is 22.7 Å². The zero-order valence-electron chi connectivity index (χ0n) is 21.2. The monoisotopic (exact) mass is 532 g/mol. The maximum Gasteiger partial charge on any atom is 0.416 e. The first-order valence-corrected chi connectivity index (χ1v) is 12.0. The van der Waals surface area contributed by atoms with E-state index in [1.54, 1.807) is 31.2 Å². The highest BCUT2D eigenvalue weighted by Gasteiger charge is 2.31. The van der Waals surface area contributed by atoms with Crippen molar-refractivity contribution in [2.24, 2.45) is 5.10 Å². The molecule has 3 aromatic carbocycles. The third kappa shape index (κ3) is 4.58. The van der Waals surface area contributed by atoms with Crippen LogP contribution in [0, 0.1) is 6.92 Å². The topological polar surface area (TPSA) is 78.5 Å². The molecule has 0 aliphatic carbocycles. The molecular formula is C29H23F3N4O3. The Bertz CT molecular complexity index is 1820. The molecule has 0 unspecified atom stereocenters. The normalized spacial score (nSPS) is 12.9. The number of ether oxygens (including phenoxy) is 1. The quantitative estimate of drug-likeness (QED) is 0.207. The molecule has 0 N–H and O–H groups in total. The minimum Gasteiger partial charge on any atom is -0.467 e. The Morgan fingerprint density at radius 2 is 1.72 bits per heavy atom. The minimum atomic E-state index is -4.57. The number of esters is 1. The largest absolute Gasteiger partial charge is 0.467 e. The Labute approximate surface area is 220 Å². The van der Waals surface area contributed by atoms with Crippen molar-refractivity contribution in [3.05, 3.63) is 100.0 Å². The average Bonchev–Trinajstić information content (AvgIpc) is 3.22. The van der Waals surface area contributed by atoms with Gasteiger partial charge in [-0.25, -0.2) is 9.78 Å². The summed E-state index contributed by atoms with van der Waals surface area (Å²) in [6, 6.07) is 17.9. The third-order valence-corrected chi connectivity index (χ3v) is 6.64. The van der Waals surface area contributed by atoms with Gasteiger partial charge in [-0.3, -0.25) is 4.79 Å². The van der Waals surface area contributed by atoms with Crippen LogP contribution in [-0.2, 0) is 15.7 Å². The van der Waals surface area contributed by atoms with Gasteiger partial charge in [0, 0.05) is 27.7 Å². The summed E-state index contributed by atoms with van der Waals surface area (Å²) >= 11 is 0. The predicted octanol–water partition coefficient (Wildman–Crippen LogP) is 5.96. The van der Waals surface area contributed by atoms with E-state index in [2.05, 4.69) is 10.1 Å². The fourth-order valence-corrected chi connectivity index (χ4v) is 4.72. The lowest BCUT2D eigenvalue weighted by Crippen LogP contribution is -2.21. The van der Waals surface area contributed by atoms with Crippen molar-refractivity contribution in [3.8, 4) is 11.4 Å². The molecule has 7 nitrogen and oxygen atoms in total. The van der Waals surface area contributed by atoms with E-state index >= 15 is 0 Å². The van der Waals surface area contributed by atoms with Gasteiger partial charge in [-0.15, -0.1) is 0 Å². The molecule has 0 fully saturated rings. The first-order chi connectivity index (χ1) is 18.6. The number of carbonyl (C=O) groups excluding carboxylic acids is 1. The van der Waals surface area contributed by atoms with Crippen LogP contribution in [0.2, 0.25) is 0 Å². The highest BCUT2D eigenvalue weighted by molar-refractivity contribution is 6.02. The average molecular weight is 533 g/mol. The summed E-state index contributed by atoms with van der Waals surface area (Å²) in [7, 11) is 1.32. The first-order valence-electron chi connectivity index (χ1n) is 12.0. The van der Waals surface area contributed by atoms with Crippen molar-refractivity contribution in [3.63, 3.8) is 0 Å². The fourth-order valence-electron chi connectivity index (χ4n) is 4.72. The molecule has 1 atom stereocenters. The zero-order valence-corrected chi connectivity index (χ0v) is 21.2. The second-order valence-electron chi connectivity index (χ2n) is 8.98. The van der Waals surface area contributed by atoms with Gasteiger partial charge in [0.2, 0.25) is 0 Å². The summed E-state index contributed by atoms with van der Waals surface area (Å²) < 4.78 is 48.2. The summed E-state index contributed by atoms with van der Waals surface area (Å²) in [5.74, 6) is -0.463. The van der Waals surface area contributed by atoms with Gasteiger partial charge in [0.05, 0.1) is 29.8 Å². The number of benzene rings is 3. The lowest BCUT2D eigenvalue weighted by atomic mass is 10.1. The molecule has 0 spiro atoms. The SMILES string of the molecule is COC(=O)[C@@H](C)n1c(C)c(C=Nn2c(-c3cccc(C(F)(F)F)c3)nc3ccccc3c2=O)c2ccccc21. The number of fused-ring (bicyclic) bond motifs is 2. The van der Waals surface area contributed by atoms with Gasteiger partial charge < -0.3 is 9.30 Å². The molecule has 2 heterocycles. The second kappa shape index (κ2) is 9.86. The Hall–Kier alpha value is -4.73. The van der Waals surface area contributed by atoms with E-state index in [1.807, 2.05) is 35.8 Å². The summed E-state index contributed by atoms with van der Waals surface area (Å²) in [4.78, 5) is 30.4. The minimum absolute atomic E-state index is 0.0367. The summed E-state index contributed by atoms with van der Waals surface area (Å²) in [5.41, 5.74) is 1.11. The van der Waals surface area contributed by atoms with Crippen LogP contribution in [0.4, 0.5) is 13.2 Å². The highest BCUT2D eigenvalue weighted by atomic mass is 19.4. The molecule has 0 aliphatic rings. The van der Waals surface area contributed by atoms with Crippen LogP contribution >= 0.6 is 0 Å². The number of carbonyl (C=O) groups is 1. The van der Waals surface area contributed by atoms with E-state index < -0.39 is 29.3 Å². The van der Waals surface area contributed by atoms with E-state index in [0.29, 0.717) is 16.8 Å². The maximum atomic E-state index is 13.5. The standard InChI is InChI=1S/C29H23F3N4O3/c1-17-23(21-11-5-7-14-25(21)35(17)18(2)28(38)39-3)16-33-36-26(19-9-8-10-20(15-19)29(30,31)32)34-24-13-6-4-12-22(24)27(36)37/h4-16,18H,1-3H3/t18-/m1/s1. The number of hydrogen-bond acceptors (Lipinski definition) is 5. The molecule has 39 heavy (non-hydrogen) atoms. The van der Waals surface area contributed by atoms with Crippen molar-refractivity contribution in [2.75, 3.05) is 7.11 Å². The number of methoxy groups -OCH3 is 1. The summed E-state index contributed by atoms with van der Waals surface area (Å²) in [6.45, 7) is 3.53. The fraction of sp³-hybridized carbons (Fsp3) is 0.172. The molecule has 0 saturated heterocycles. The lowest BCUT2D eigenvalue weighted by molar-refractivity contribution is -0.144. The number of hydrogen-bond donors (Lipinski definition) is 0. The first kappa shape index (κ1) is 25.9. The number of rotatable bonds is 5. The van der Waals surface area contributed by atoms with E-state index in [9.17, 15) is 22.8 Å². The zero-order chi connectivity index (χ0) is 27.9. The van der Waals surface area contributed by atoms with Gasteiger partial charge in [0.15, 0.2) is 5.82 Å². The van der Waals surface area contributed by atoms with Crippen molar-refractivity contribution in [1.29, 1.82) is 0 Å². The van der Waals surface area contributed by atoms with Gasteiger partial charge in [0.1, 0.15) is 6.04 Å². The molecule has 0 amide bonds. The van der Waals surface area contributed by atoms with Gasteiger partial charge in [-0.05, 0) is 44.2 Å². The van der Waals surface area contributed by atoms with Gasteiger partial charge in [-0.2, -0.15) is 22.9 Å². The third-order valence-electron chi connectivity index (χ3n) is 6.64. The van der Waals surface area contributed by atoms with Crippen LogP contribution in [0.25, 0.3) is 33.2 Å². The van der Waals surface area contributed by atoms with Crippen LogP contribution < -0.4 is 5.56 Å². The molecule has 10 heteroatoms. The second-order valence-corrected chi connectivity index (χ2v) is 8.98. The Balaban J connectivity index is 1.74. The smallest absolute Gasteiger partial charge is 0.416 e. The van der Waals surface area contributed by atoms with E-state index in [-0.39, 0.29) is 16.8 Å². The number of aromatic nitrogens is 3. The van der Waals surface area contributed by atoms with E-state index in [4.69, 9.17) is 4.74 Å². The molecule has 2 aromatic heterocycles. The van der Waals surface area contributed by atoms with Crippen LogP contribution in [-0.4, -0.2) is 33.5 Å². The number of halogens is 3. The number of nitrogens with zero attached hydrogens (tertiary/aromatic N) is 4. The van der Waals surface area contributed by atoms with E-state index in [1.165, 1.54) is 25.5 Å². The molecule has 5 aromatic rings. The summed E-state index contributed by atoms with van der Waals surface area (Å²) in [5, 5.41) is 5.49. The van der Waals surface area contributed by atoms with Crippen molar-refractivity contribution >= 4 is 34.0 Å². The van der Waals surface area contributed by atoms with Crippen LogP contribution in [0.5, 0.6) is 0 Å². The molecule has 198 valence electrons. The number of para-hydroxylation sites is 2. The van der Waals surface area contributed by atoms with Gasteiger partial charge in [-0.1, -0.05) is 42.5 Å². The van der Waals surface area contributed by atoms with Crippen LogP contribution in [0.3, 0.4) is 0 Å². The van der Waals surface area contributed by atoms with E-state index in [0.717, 1.165) is 27.7 Å².